The molecule has 7 heteroatoms. The zero-order chi connectivity index (χ0) is 14.5. The molecule has 1 aromatic heterocycles. The molecule has 0 bridgehead atoms. The lowest BCUT2D eigenvalue weighted by Crippen LogP contribution is -2.30. The van der Waals surface area contributed by atoms with E-state index in [1.807, 2.05) is 6.07 Å². The first-order valence-electron chi connectivity index (χ1n) is 5.96. The van der Waals surface area contributed by atoms with Crippen molar-refractivity contribution in [1.29, 1.82) is 5.26 Å². The van der Waals surface area contributed by atoms with Crippen LogP contribution in [-0.4, -0.2) is 27.2 Å². The number of amides is 1. The number of nitriles is 1. The molecule has 20 heavy (non-hydrogen) atoms. The monoisotopic (exact) mass is 271 g/mol. The third-order valence-electron chi connectivity index (χ3n) is 2.51. The van der Waals surface area contributed by atoms with Gasteiger partial charge in [0.1, 0.15) is 17.6 Å². The molecule has 0 fully saturated rings. The minimum absolute atomic E-state index is 0.191. The van der Waals surface area contributed by atoms with Crippen LogP contribution in [0.1, 0.15) is 18.3 Å². The first-order valence-corrected chi connectivity index (χ1v) is 5.96. The average molecular weight is 271 g/mol. The Hall–Kier alpha value is -2.88. The number of aromatic nitrogens is 3. The van der Waals surface area contributed by atoms with Gasteiger partial charge < -0.3 is 4.74 Å². The van der Waals surface area contributed by atoms with Gasteiger partial charge in [-0.25, -0.2) is 0 Å². The lowest BCUT2D eigenvalue weighted by molar-refractivity contribution is -0.122. The van der Waals surface area contributed by atoms with Crippen LogP contribution in [0.25, 0.3) is 0 Å². The van der Waals surface area contributed by atoms with Crippen molar-refractivity contribution in [3.8, 4) is 11.8 Å². The van der Waals surface area contributed by atoms with Crippen LogP contribution < -0.4 is 10.1 Å². The number of hydrogen-bond donors (Lipinski definition) is 2. The van der Waals surface area contributed by atoms with Crippen molar-refractivity contribution in [1.82, 2.24) is 15.2 Å². The summed E-state index contributed by atoms with van der Waals surface area (Å²) in [5.74, 6) is 0.765. The smallest absolute Gasteiger partial charge is 0.267 e. The summed E-state index contributed by atoms with van der Waals surface area (Å²) in [5, 5.41) is 17.9. The fourth-order valence-electron chi connectivity index (χ4n) is 1.52. The highest BCUT2D eigenvalue weighted by molar-refractivity contribution is 5.92. The van der Waals surface area contributed by atoms with Crippen LogP contribution in [0.15, 0.2) is 24.3 Å². The summed E-state index contributed by atoms with van der Waals surface area (Å²) in [6, 6.07) is 8.73. The Kier molecular flexibility index (Phi) is 3.96. The Morgan fingerprint density at radius 2 is 2.25 bits per heavy atom. The summed E-state index contributed by atoms with van der Waals surface area (Å²) >= 11 is 0. The van der Waals surface area contributed by atoms with Crippen molar-refractivity contribution in [2.45, 2.75) is 20.0 Å². The molecule has 0 saturated heterocycles. The average Bonchev–Trinajstić information content (AvgIpc) is 2.84. The topological polar surface area (TPSA) is 104 Å². The van der Waals surface area contributed by atoms with Crippen LogP contribution in [0.5, 0.6) is 5.75 Å². The number of hydrogen-bond acceptors (Lipinski definition) is 5. The van der Waals surface area contributed by atoms with Crippen LogP contribution in [-0.2, 0) is 4.79 Å². The molecule has 0 aliphatic rings. The number of carbonyl (C=O) groups is 1. The maximum Gasteiger partial charge on any atom is 0.267 e. The number of rotatable bonds is 4. The second-order valence-electron chi connectivity index (χ2n) is 4.10. The molecular weight excluding hydrogens is 258 g/mol. The lowest BCUT2D eigenvalue weighted by atomic mass is 10.2. The van der Waals surface area contributed by atoms with E-state index in [1.54, 1.807) is 38.1 Å². The van der Waals surface area contributed by atoms with Crippen LogP contribution >= 0.6 is 0 Å². The number of aromatic amines is 1. The number of carbonyl (C=O) groups excluding carboxylic acids is 1. The molecule has 1 unspecified atom stereocenters. The predicted octanol–water partition coefficient (Wildman–Crippen LogP) is 1.39. The molecule has 2 aromatic rings. The van der Waals surface area contributed by atoms with Crippen molar-refractivity contribution in [2.75, 3.05) is 5.32 Å². The number of anilines is 1. The summed E-state index contributed by atoms with van der Waals surface area (Å²) < 4.78 is 5.48. The van der Waals surface area contributed by atoms with Gasteiger partial charge in [0, 0.05) is 0 Å². The molecular formula is C13H13N5O2. The summed E-state index contributed by atoms with van der Waals surface area (Å²) in [6.07, 6.45) is -0.775. The number of H-pyrrole nitrogens is 1. The molecule has 0 radical (unpaired) electrons. The van der Waals surface area contributed by atoms with E-state index in [-0.39, 0.29) is 5.95 Å². The normalized spacial score (nSPS) is 11.4. The molecule has 0 saturated carbocycles. The van der Waals surface area contributed by atoms with E-state index in [2.05, 4.69) is 20.5 Å². The van der Waals surface area contributed by atoms with Gasteiger partial charge in [-0.2, -0.15) is 10.2 Å². The highest BCUT2D eigenvalue weighted by Gasteiger charge is 2.17. The molecule has 0 aliphatic carbocycles. The SMILES string of the molecule is Cc1nc(NC(=O)C(C)Oc2ccccc2C#N)n[nH]1. The molecule has 1 aromatic carbocycles. The Morgan fingerprint density at radius 1 is 1.50 bits per heavy atom. The Balaban J connectivity index is 2.02. The maximum atomic E-state index is 11.9. The second-order valence-corrected chi connectivity index (χ2v) is 4.10. The molecule has 0 aliphatic heterocycles. The molecule has 7 nitrogen and oxygen atoms in total. The number of nitrogens with one attached hydrogen (secondary N) is 2. The fourth-order valence-corrected chi connectivity index (χ4v) is 1.52. The van der Waals surface area contributed by atoms with Crippen LogP contribution in [0.3, 0.4) is 0 Å². The number of benzene rings is 1. The molecule has 0 spiro atoms. The molecule has 2 rings (SSSR count). The van der Waals surface area contributed by atoms with Gasteiger partial charge in [-0.1, -0.05) is 12.1 Å². The Labute approximate surface area is 115 Å². The van der Waals surface area contributed by atoms with Gasteiger partial charge in [-0.3, -0.25) is 15.2 Å². The van der Waals surface area contributed by atoms with E-state index in [4.69, 9.17) is 10.00 Å². The maximum absolute atomic E-state index is 11.9. The van der Waals surface area contributed by atoms with E-state index >= 15 is 0 Å². The summed E-state index contributed by atoms with van der Waals surface area (Å²) in [6.45, 7) is 3.31. The van der Waals surface area contributed by atoms with Crippen molar-refractivity contribution in [3.63, 3.8) is 0 Å². The highest BCUT2D eigenvalue weighted by atomic mass is 16.5. The van der Waals surface area contributed by atoms with Gasteiger partial charge in [-0.15, -0.1) is 5.10 Å². The van der Waals surface area contributed by atoms with E-state index in [9.17, 15) is 4.79 Å². The first kappa shape index (κ1) is 13.5. The van der Waals surface area contributed by atoms with Crippen molar-refractivity contribution in [2.24, 2.45) is 0 Å². The Bertz CT molecular complexity index is 659. The van der Waals surface area contributed by atoms with Gasteiger partial charge >= 0.3 is 0 Å². The molecule has 1 atom stereocenters. The van der Waals surface area contributed by atoms with E-state index < -0.39 is 12.0 Å². The molecule has 2 N–H and O–H groups in total. The summed E-state index contributed by atoms with van der Waals surface area (Å²) in [5.41, 5.74) is 0.376. The van der Waals surface area contributed by atoms with Gasteiger partial charge in [0.05, 0.1) is 5.56 Å². The second kappa shape index (κ2) is 5.84. The van der Waals surface area contributed by atoms with Crippen molar-refractivity contribution < 1.29 is 9.53 Å². The van der Waals surface area contributed by atoms with Crippen LogP contribution in [0.2, 0.25) is 0 Å². The van der Waals surface area contributed by atoms with Gasteiger partial charge in [0.2, 0.25) is 5.95 Å². The summed E-state index contributed by atoms with van der Waals surface area (Å²) in [7, 11) is 0. The fraction of sp³-hybridized carbons (Fsp3) is 0.231. The standard InChI is InChI=1S/C13H13N5O2/c1-8(12(19)16-13-15-9(2)17-18-13)20-11-6-4-3-5-10(11)7-14/h3-6,8H,1-2H3,(H2,15,16,17,18,19). The zero-order valence-corrected chi connectivity index (χ0v) is 11.0. The minimum Gasteiger partial charge on any atom is -0.480 e. The quantitative estimate of drug-likeness (QED) is 0.874. The third kappa shape index (κ3) is 3.11. The number of aryl methyl sites for hydroxylation is 1. The van der Waals surface area contributed by atoms with Gasteiger partial charge in [0.25, 0.3) is 5.91 Å². The van der Waals surface area contributed by atoms with E-state index in [0.29, 0.717) is 17.1 Å². The number of para-hydroxylation sites is 1. The van der Waals surface area contributed by atoms with Crippen molar-refractivity contribution in [3.05, 3.63) is 35.7 Å². The molecule has 1 heterocycles. The lowest BCUT2D eigenvalue weighted by Gasteiger charge is -2.14. The third-order valence-corrected chi connectivity index (χ3v) is 2.51. The first-order chi connectivity index (χ1) is 9.60. The number of ether oxygens (including phenoxy) is 1. The summed E-state index contributed by atoms with van der Waals surface area (Å²) in [4.78, 5) is 15.9. The molecule has 1 amide bonds. The minimum atomic E-state index is -0.775. The van der Waals surface area contributed by atoms with Crippen LogP contribution in [0.4, 0.5) is 5.95 Å². The number of nitrogens with zero attached hydrogens (tertiary/aromatic N) is 3. The zero-order valence-electron chi connectivity index (χ0n) is 11.0. The predicted molar refractivity (Wildman–Crippen MR) is 71.0 cm³/mol. The van der Waals surface area contributed by atoms with E-state index in [1.165, 1.54) is 0 Å². The van der Waals surface area contributed by atoms with Crippen LogP contribution in [0, 0.1) is 18.3 Å². The highest BCUT2D eigenvalue weighted by Crippen LogP contribution is 2.18. The van der Waals surface area contributed by atoms with Crippen molar-refractivity contribution >= 4 is 11.9 Å². The van der Waals surface area contributed by atoms with Gasteiger partial charge in [0.15, 0.2) is 6.10 Å². The molecule has 102 valence electrons. The largest absolute Gasteiger partial charge is 0.480 e. The van der Waals surface area contributed by atoms with E-state index in [0.717, 1.165) is 0 Å². The Morgan fingerprint density at radius 3 is 2.90 bits per heavy atom. The van der Waals surface area contributed by atoms with Gasteiger partial charge in [-0.05, 0) is 26.0 Å².